The standard InChI is InChI=1S/C15H14F2N6O/c16-14(17)12-7-13(24)21-15(20-12)23-5-3-22(4-6-23)11-2-1-10(8-18)19-9-11/h1-2,7,9,14H,3-6H2,(H,20,21,24). The van der Waals surface area contributed by atoms with E-state index in [2.05, 4.69) is 19.9 Å². The Bertz CT molecular complexity index is 806. The van der Waals surface area contributed by atoms with Crippen LogP contribution in [-0.2, 0) is 0 Å². The average Bonchev–Trinajstić information content (AvgIpc) is 2.61. The van der Waals surface area contributed by atoms with E-state index < -0.39 is 17.7 Å². The highest BCUT2D eigenvalue weighted by molar-refractivity contribution is 5.48. The molecule has 0 spiro atoms. The summed E-state index contributed by atoms with van der Waals surface area (Å²) in [5.74, 6) is 0.162. The highest BCUT2D eigenvalue weighted by Crippen LogP contribution is 2.20. The SMILES string of the molecule is N#Cc1ccc(N2CCN(c3nc(C(F)F)cc(=O)[nH]3)CC2)cn1. The zero-order chi connectivity index (χ0) is 17.1. The number of aromatic amines is 1. The summed E-state index contributed by atoms with van der Waals surface area (Å²) >= 11 is 0. The van der Waals surface area contributed by atoms with E-state index in [1.54, 1.807) is 17.2 Å². The average molecular weight is 332 g/mol. The number of aromatic nitrogens is 3. The maximum Gasteiger partial charge on any atom is 0.280 e. The quantitative estimate of drug-likeness (QED) is 0.911. The molecule has 0 amide bonds. The van der Waals surface area contributed by atoms with Crippen LogP contribution in [0.15, 0.2) is 29.2 Å². The van der Waals surface area contributed by atoms with Gasteiger partial charge in [0.25, 0.3) is 12.0 Å². The van der Waals surface area contributed by atoms with Gasteiger partial charge >= 0.3 is 0 Å². The molecule has 2 aromatic heterocycles. The van der Waals surface area contributed by atoms with Gasteiger partial charge in [0.1, 0.15) is 17.5 Å². The summed E-state index contributed by atoms with van der Waals surface area (Å²) in [6.45, 7) is 2.29. The first-order chi connectivity index (χ1) is 11.6. The highest BCUT2D eigenvalue weighted by Gasteiger charge is 2.21. The number of nitriles is 1. The molecule has 3 heterocycles. The summed E-state index contributed by atoms with van der Waals surface area (Å²) in [7, 11) is 0. The van der Waals surface area contributed by atoms with Crippen molar-refractivity contribution in [1.82, 2.24) is 15.0 Å². The van der Waals surface area contributed by atoms with Crippen LogP contribution in [0.1, 0.15) is 17.8 Å². The maximum atomic E-state index is 12.8. The Balaban J connectivity index is 1.71. The molecule has 9 heteroatoms. The number of pyridine rings is 1. The van der Waals surface area contributed by atoms with Crippen LogP contribution in [-0.4, -0.2) is 41.1 Å². The fourth-order valence-corrected chi connectivity index (χ4v) is 2.54. The van der Waals surface area contributed by atoms with E-state index in [0.717, 1.165) is 11.8 Å². The topological polar surface area (TPSA) is 88.9 Å². The second-order valence-electron chi connectivity index (χ2n) is 5.28. The van der Waals surface area contributed by atoms with Gasteiger partial charge in [0.15, 0.2) is 0 Å². The van der Waals surface area contributed by atoms with Gasteiger partial charge < -0.3 is 9.80 Å². The van der Waals surface area contributed by atoms with Gasteiger partial charge in [-0.25, -0.2) is 18.7 Å². The number of hydrogen-bond acceptors (Lipinski definition) is 6. The van der Waals surface area contributed by atoms with E-state index in [4.69, 9.17) is 5.26 Å². The first-order valence-corrected chi connectivity index (χ1v) is 7.32. The van der Waals surface area contributed by atoms with Crippen LogP contribution in [0.4, 0.5) is 20.4 Å². The summed E-state index contributed by atoms with van der Waals surface area (Å²) in [5, 5.41) is 8.76. The zero-order valence-electron chi connectivity index (χ0n) is 12.6. The second-order valence-corrected chi connectivity index (χ2v) is 5.28. The summed E-state index contributed by atoms with van der Waals surface area (Å²) in [4.78, 5) is 25.7. The minimum absolute atomic E-state index is 0.162. The molecular weight excluding hydrogens is 318 g/mol. The van der Waals surface area contributed by atoms with Crippen molar-refractivity contribution in [2.24, 2.45) is 0 Å². The van der Waals surface area contributed by atoms with Crippen LogP contribution in [0, 0.1) is 11.3 Å². The molecule has 1 aliphatic rings. The first-order valence-electron chi connectivity index (χ1n) is 7.32. The van der Waals surface area contributed by atoms with Crippen molar-refractivity contribution in [2.75, 3.05) is 36.0 Å². The van der Waals surface area contributed by atoms with Crippen LogP contribution in [0.3, 0.4) is 0 Å². The maximum absolute atomic E-state index is 12.8. The monoisotopic (exact) mass is 332 g/mol. The van der Waals surface area contributed by atoms with Crippen molar-refractivity contribution in [3.8, 4) is 6.07 Å². The number of rotatable bonds is 3. The molecule has 1 fully saturated rings. The molecule has 0 bridgehead atoms. The minimum Gasteiger partial charge on any atom is -0.367 e. The molecule has 1 N–H and O–H groups in total. The van der Waals surface area contributed by atoms with Crippen LogP contribution in [0.2, 0.25) is 0 Å². The van der Waals surface area contributed by atoms with Crippen LogP contribution >= 0.6 is 0 Å². The molecule has 1 saturated heterocycles. The lowest BCUT2D eigenvalue weighted by Gasteiger charge is -2.36. The van der Waals surface area contributed by atoms with Crippen molar-refractivity contribution in [3.05, 3.63) is 46.1 Å². The van der Waals surface area contributed by atoms with Gasteiger partial charge in [-0.2, -0.15) is 5.26 Å². The molecule has 0 atom stereocenters. The summed E-state index contributed by atoms with van der Waals surface area (Å²) in [6, 6.07) is 6.24. The van der Waals surface area contributed by atoms with E-state index in [0.29, 0.717) is 31.9 Å². The number of anilines is 2. The molecule has 124 valence electrons. The van der Waals surface area contributed by atoms with Gasteiger partial charge in [-0.15, -0.1) is 0 Å². The summed E-state index contributed by atoms with van der Waals surface area (Å²) in [5.41, 5.74) is 0.126. The lowest BCUT2D eigenvalue weighted by atomic mass is 10.2. The van der Waals surface area contributed by atoms with Crippen LogP contribution in [0.5, 0.6) is 0 Å². The number of nitrogens with zero attached hydrogens (tertiary/aromatic N) is 5. The van der Waals surface area contributed by atoms with Crippen molar-refractivity contribution >= 4 is 11.6 Å². The Morgan fingerprint density at radius 2 is 1.92 bits per heavy atom. The van der Waals surface area contributed by atoms with Crippen molar-refractivity contribution in [1.29, 1.82) is 5.26 Å². The number of halogens is 2. The molecular formula is C15H14F2N6O. The van der Waals surface area contributed by atoms with Crippen molar-refractivity contribution in [2.45, 2.75) is 6.43 Å². The largest absolute Gasteiger partial charge is 0.367 e. The first kappa shape index (κ1) is 15.9. The number of hydrogen-bond donors (Lipinski definition) is 1. The predicted molar refractivity (Wildman–Crippen MR) is 83.2 cm³/mol. The van der Waals surface area contributed by atoms with E-state index in [-0.39, 0.29) is 5.95 Å². The third-order valence-corrected chi connectivity index (χ3v) is 3.78. The molecule has 0 aliphatic carbocycles. The second kappa shape index (κ2) is 6.62. The van der Waals surface area contributed by atoms with Crippen molar-refractivity contribution in [3.63, 3.8) is 0 Å². The van der Waals surface area contributed by atoms with E-state index in [1.807, 2.05) is 12.1 Å². The number of alkyl halides is 2. The number of H-pyrrole nitrogens is 1. The van der Waals surface area contributed by atoms with Gasteiger partial charge in [0.2, 0.25) is 5.95 Å². The van der Waals surface area contributed by atoms with E-state index in [9.17, 15) is 13.6 Å². The smallest absolute Gasteiger partial charge is 0.280 e. The van der Waals surface area contributed by atoms with Gasteiger partial charge in [-0.3, -0.25) is 9.78 Å². The number of nitrogens with one attached hydrogen (secondary N) is 1. The molecule has 0 aromatic carbocycles. The third-order valence-electron chi connectivity index (χ3n) is 3.78. The zero-order valence-corrected chi connectivity index (χ0v) is 12.6. The lowest BCUT2D eigenvalue weighted by Crippen LogP contribution is -2.47. The van der Waals surface area contributed by atoms with Gasteiger partial charge in [0, 0.05) is 32.2 Å². The Morgan fingerprint density at radius 3 is 2.50 bits per heavy atom. The Kier molecular flexibility index (Phi) is 4.37. The molecule has 3 rings (SSSR count). The third kappa shape index (κ3) is 3.32. The molecule has 24 heavy (non-hydrogen) atoms. The number of piperazine rings is 1. The Hall–Kier alpha value is -3.02. The van der Waals surface area contributed by atoms with Gasteiger partial charge in [-0.05, 0) is 12.1 Å². The molecule has 0 saturated carbocycles. The fraction of sp³-hybridized carbons (Fsp3) is 0.333. The van der Waals surface area contributed by atoms with Gasteiger partial charge in [0.05, 0.1) is 11.9 Å². The lowest BCUT2D eigenvalue weighted by molar-refractivity contribution is 0.146. The Morgan fingerprint density at radius 1 is 1.21 bits per heavy atom. The van der Waals surface area contributed by atoms with Crippen LogP contribution < -0.4 is 15.4 Å². The molecule has 1 aliphatic heterocycles. The molecule has 2 aromatic rings. The van der Waals surface area contributed by atoms with Gasteiger partial charge in [-0.1, -0.05) is 0 Å². The predicted octanol–water partition coefficient (Wildman–Crippen LogP) is 1.30. The highest BCUT2D eigenvalue weighted by atomic mass is 19.3. The Labute approximate surface area is 136 Å². The van der Waals surface area contributed by atoms with Crippen LogP contribution in [0.25, 0.3) is 0 Å². The summed E-state index contributed by atoms with van der Waals surface area (Å²) < 4.78 is 25.5. The molecule has 7 nitrogen and oxygen atoms in total. The van der Waals surface area contributed by atoms with E-state index in [1.165, 1.54) is 0 Å². The normalized spacial score (nSPS) is 14.8. The summed E-state index contributed by atoms with van der Waals surface area (Å²) in [6.07, 6.45) is -1.15. The molecule has 0 radical (unpaired) electrons. The van der Waals surface area contributed by atoms with Crippen molar-refractivity contribution < 1.29 is 8.78 Å². The molecule has 0 unspecified atom stereocenters. The fourth-order valence-electron chi connectivity index (χ4n) is 2.54. The minimum atomic E-state index is -2.78. The van der Waals surface area contributed by atoms with E-state index >= 15 is 0 Å².